The lowest BCUT2D eigenvalue weighted by Crippen LogP contribution is -2.26. The number of carbonyl (C=O) groups is 3. The van der Waals surface area contributed by atoms with Crippen molar-refractivity contribution in [2.75, 3.05) is 13.7 Å². The maximum atomic E-state index is 12.8. The Morgan fingerprint density at radius 3 is 2.36 bits per heavy atom. The van der Waals surface area contributed by atoms with Crippen LogP contribution in [0.25, 0.3) is 0 Å². The number of ketones is 1. The minimum absolute atomic E-state index is 0.114. The first-order valence-corrected chi connectivity index (χ1v) is 11.3. The van der Waals surface area contributed by atoms with Crippen LogP contribution in [0.1, 0.15) is 29.8 Å². The zero-order valence-electron chi connectivity index (χ0n) is 19.0. The normalized spacial score (nSPS) is 13.0. The number of Topliss-reactive ketones (excluding diaryl/α,β-unsaturated/α-hetero) is 1. The van der Waals surface area contributed by atoms with Gasteiger partial charge in [-0.3, -0.25) is 24.5 Å². The third-order valence-corrected chi connectivity index (χ3v) is 5.98. The highest BCUT2D eigenvalue weighted by atomic mass is 35.5. The Balaban J connectivity index is 2.18. The van der Waals surface area contributed by atoms with Crippen LogP contribution in [0.4, 0.5) is 18.9 Å². The number of hydrogen-bond acceptors (Lipinski definition) is 9. The number of thioether (sulfide) groups is 1. The van der Waals surface area contributed by atoms with Gasteiger partial charge in [-0.1, -0.05) is 23.4 Å². The lowest BCUT2D eigenvalue weighted by molar-refractivity contribution is -0.385. The number of carbonyl (C=O) groups excluding carboxylic acids is 3. The third kappa shape index (κ3) is 7.67. The van der Waals surface area contributed by atoms with E-state index in [-0.39, 0.29) is 16.5 Å². The molecule has 0 aliphatic heterocycles. The van der Waals surface area contributed by atoms with Gasteiger partial charge < -0.3 is 14.2 Å². The van der Waals surface area contributed by atoms with Gasteiger partial charge in [0, 0.05) is 6.07 Å². The van der Waals surface area contributed by atoms with Crippen molar-refractivity contribution in [2.45, 2.75) is 31.4 Å². The Bertz CT molecular complexity index is 1170. The van der Waals surface area contributed by atoms with Crippen LogP contribution in [0.3, 0.4) is 0 Å². The van der Waals surface area contributed by atoms with Crippen molar-refractivity contribution in [2.24, 2.45) is 0 Å². The van der Waals surface area contributed by atoms with Gasteiger partial charge in [-0.15, -0.1) is 0 Å². The fraction of sp³-hybridized carbons (Fsp3) is 0.318. The maximum absolute atomic E-state index is 12.8. The molecule has 0 radical (unpaired) electrons. The summed E-state index contributed by atoms with van der Waals surface area (Å²) in [6, 6.07) is 5.49. The number of ether oxygens (including phenoxy) is 3. The number of alkyl halides is 3. The number of esters is 1. The lowest BCUT2D eigenvalue weighted by atomic mass is 10.1. The largest absolute Gasteiger partial charge is 0.468 e. The van der Waals surface area contributed by atoms with Crippen molar-refractivity contribution in [3.05, 3.63) is 62.7 Å². The molecule has 0 aromatic heterocycles. The van der Waals surface area contributed by atoms with Gasteiger partial charge >= 0.3 is 12.1 Å². The highest BCUT2D eigenvalue weighted by Crippen LogP contribution is 2.37. The zero-order chi connectivity index (χ0) is 27.2. The molecule has 0 N–H and O–H groups in total. The summed E-state index contributed by atoms with van der Waals surface area (Å²) in [4.78, 5) is 46.9. The average molecular weight is 550 g/mol. The van der Waals surface area contributed by atoms with Crippen LogP contribution in [0, 0.1) is 10.1 Å². The fourth-order valence-corrected chi connectivity index (χ4v) is 3.70. The molecule has 2 rings (SSSR count). The predicted octanol–water partition coefficient (Wildman–Crippen LogP) is 5.47. The summed E-state index contributed by atoms with van der Waals surface area (Å²) < 4.78 is 53.7. The molecule has 0 fully saturated rings. The molecule has 194 valence electrons. The van der Waals surface area contributed by atoms with Crippen LogP contribution in [0.15, 0.2) is 36.4 Å². The van der Waals surface area contributed by atoms with Crippen molar-refractivity contribution in [3.63, 3.8) is 0 Å². The monoisotopic (exact) mass is 549 g/mol. The smallest absolute Gasteiger partial charge is 0.416 e. The van der Waals surface area contributed by atoms with E-state index in [1.54, 1.807) is 0 Å². The minimum atomic E-state index is -4.62. The molecule has 0 heterocycles. The molecule has 2 unspecified atom stereocenters. The van der Waals surface area contributed by atoms with Crippen LogP contribution in [-0.4, -0.2) is 46.9 Å². The summed E-state index contributed by atoms with van der Waals surface area (Å²) in [7, 11) is 1.17. The Morgan fingerprint density at radius 1 is 1.14 bits per heavy atom. The fourth-order valence-electron chi connectivity index (χ4n) is 2.68. The summed E-state index contributed by atoms with van der Waals surface area (Å²) in [5.74, 6) is -1.78. The van der Waals surface area contributed by atoms with Crippen LogP contribution in [0.5, 0.6) is 11.5 Å². The molecular formula is C22H19ClF3NO8S. The molecular weight excluding hydrogens is 531 g/mol. The van der Waals surface area contributed by atoms with E-state index in [4.69, 9.17) is 21.1 Å². The van der Waals surface area contributed by atoms with Crippen molar-refractivity contribution < 1.29 is 46.7 Å². The number of nitrogens with zero attached hydrogens (tertiary/aromatic N) is 1. The maximum Gasteiger partial charge on any atom is 0.416 e. The Labute approximate surface area is 212 Å². The number of methoxy groups -OCH3 is 1. The number of nitro groups is 1. The summed E-state index contributed by atoms with van der Waals surface area (Å²) in [5, 5.41) is 9.64. The van der Waals surface area contributed by atoms with Crippen molar-refractivity contribution >= 4 is 45.9 Å². The molecule has 0 spiro atoms. The lowest BCUT2D eigenvalue weighted by Gasteiger charge is -2.14. The van der Waals surface area contributed by atoms with E-state index in [0.717, 1.165) is 30.3 Å². The first-order valence-electron chi connectivity index (χ1n) is 10.0. The van der Waals surface area contributed by atoms with E-state index in [2.05, 4.69) is 4.74 Å². The first-order chi connectivity index (χ1) is 16.7. The van der Waals surface area contributed by atoms with Gasteiger partial charge in [0.15, 0.2) is 5.78 Å². The third-order valence-electron chi connectivity index (χ3n) is 4.57. The SMILES string of the molecule is COC(=O)C(C)SC(=O)C(C)OCC(=O)c1cc(Oc2ccc(C(F)(F)F)cc2Cl)ccc1[N+](=O)[O-]. The van der Waals surface area contributed by atoms with E-state index >= 15 is 0 Å². The average Bonchev–Trinajstić information content (AvgIpc) is 2.81. The first kappa shape index (κ1) is 29.1. The highest BCUT2D eigenvalue weighted by Gasteiger charge is 2.31. The summed E-state index contributed by atoms with van der Waals surface area (Å²) in [6.07, 6.45) is -5.75. The van der Waals surface area contributed by atoms with Gasteiger partial charge in [0.05, 0.1) is 22.6 Å². The molecule has 2 aromatic rings. The molecule has 2 atom stereocenters. The second kappa shape index (κ2) is 12.2. The van der Waals surface area contributed by atoms with Gasteiger partial charge in [0.2, 0.25) is 5.12 Å². The Hall–Kier alpha value is -3.16. The number of benzene rings is 2. The molecule has 0 saturated carbocycles. The van der Waals surface area contributed by atoms with Gasteiger partial charge in [-0.05, 0) is 44.2 Å². The minimum Gasteiger partial charge on any atom is -0.468 e. The molecule has 0 amide bonds. The second-order valence-corrected chi connectivity index (χ2v) is 8.91. The van der Waals surface area contributed by atoms with Gasteiger partial charge in [0.1, 0.15) is 35.0 Å². The van der Waals surface area contributed by atoms with E-state index in [1.807, 2.05) is 0 Å². The van der Waals surface area contributed by atoms with Gasteiger partial charge in [-0.25, -0.2) is 0 Å². The van der Waals surface area contributed by atoms with E-state index in [9.17, 15) is 37.7 Å². The molecule has 9 nitrogen and oxygen atoms in total. The molecule has 0 aliphatic rings. The molecule has 0 saturated heterocycles. The predicted molar refractivity (Wildman–Crippen MR) is 123 cm³/mol. The number of halogens is 4. The molecule has 14 heteroatoms. The van der Waals surface area contributed by atoms with Crippen LogP contribution >= 0.6 is 23.4 Å². The van der Waals surface area contributed by atoms with E-state index < -0.39 is 62.7 Å². The van der Waals surface area contributed by atoms with E-state index in [0.29, 0.717) is 17.8 Å². The zero-order valence-corrected chi connectivity index (χ0v) is 20.5. The van der Waals surface area contributed by atoms with Crippen molar-refractivity contribution in [3.8, 4) is 11.5 Å². The van der Waals surface area contributed by atoms with Crippen LogP contribution in [-0.2, 0) is 25.2 Å². The quantitative estimate of drug-likeness (QED) is 0.164. The Morgan fingerprint density at radius 2 is 1.81 bits per heavy atom. The van der Waals surface area contributed by atoms with Crippen molar-refractivity contribution in [1.29, 1.82) is 0 Å². The van der Waals surface area contributed by atoms with E-state index in [1.165, 1.54) is 21.0 Å². The van der Waals surface area contributed by atoms with Crippen LogP contribution < -0.4 is 4.74 Å². The second-order valence-electron chi connectivity index (χ2n) is 7.16. The summed E-state index contributed by atoms with van der Waals surface area (Å²) in [6.45, 7) is 2.07. The van der Waals surface area contributed by atoms with Crippen LogP contribution in [0.2, 0.25) is 5.02 Å². The number of hydrogen-bond donors (Lipinski definition) is 0. The molecule has 2 aromatic carbocycles. The van der Waals surface area contributed by atoms with Crippen molar-refractivity contribution in [1.82, 2.24) is 0 Å². The summed E-state index contributed by atoms with van der Waals surface area (Å²) in [5.41, 5.74) is -2.00. The number of nitro benzene ring substituents is 1. The molecule has 0 aliphatic carbocycles. The summed E-state index contributed by atoms with van der Waals surface area (Å²) >= 11 is 6.51. The van der Waals surface area contributed by atoms with Gasteiger partial charge in [0.25, 0.3) is 5.69 Å². The molecule has 0 bridgehead atoms. The topological polar surface area (TPSA) is 122 Å². The van der Waals surface area contributed by atoms with Gasteiger partial charge in [-0.2, -0.15) is 13.2 Å². The highest BCUT2D eigenvalue weighted by molar-refractivity contribution is 8.14. The molecule has 36 heavy (non-hydrogen) atoms. The number of rotatable bonds is 10. The standard InChI is InChI=1S/C22H19ClF3NO8S/c1-11(21(30)36-12(2)20(29)33-3)34-10-18(28)15-9-14(5-6-17(15)27(31)32)35-19-7-4-13(8-16(19)23)22(24,25)26/h4-9,11-12H,10H2,1-3H3. The Kier molecular flexibility index (Phi) is 9.85.